The zero-order valence-electron chi connectivity index (χ0n) is 18.1. The van der Waals surface area contributed by atoms with Gasteiger partial charge in [0.1, 0.15) is 6.04 Å². The Morgan fingerprint density at radius 3 is 1.97 bits per heavy atom. The predicted octanol–water partition coefficient (Wildman–Crippen LogP) is 1.58. The molecule has 1 saturated heterocycles. The number of aryl methyl sites for hydroxylation is 1. The third-order valence-electron chi connectivity index (χ3n) is 4.70. The zero-order chi connectivity index (χ0) is 22.0. The summed E-state index contributed by atoms with van der Waals surface area (Å²) >= 11 is 0. The predicted molar refractivity (Wildman–Crippen MR) is 114 cm³/mol. The lowest BCUT2D eigenvalue weighted by molar-refractivity contribution is -0.135. The van der Waals surface area contributed by atoms with E-state index in [4.69, 9.17) is 14.2 Å². The lowest BCUT2D eigenvalue weighted by atomic mass is 10.0. The first-order valence-corrected chi connectivity index (χ1v) is 11.9. The van der Waals surface area contributed by atoms with Gasteiger partial charge in [0, 0.05) is 13.1 Å². The molecule has 0 saturated carbocycles. The van der Waals surface area contributed by atoms with Crippen molar-refractivity contribution in [2.45, 2.75) is 38.1 Å². The second-order valence-electron chi connectivity index (χ2n) is 7.78. The number of amides is 1. The van der Waals surface area contributed by atoms with Crippen LogP contribution in [0, 0.1) is 12.8 Å². The molecule has 1 amide bonds. The number of benzene rings is 1. The molecule has 0 spiro atoms. The van der Waals surface area contributed by atoms with E-state index in [1.807, 2.05) is 20.8 Å². The maximum absolute atomic E-state index is 13.3. The first-order valence-electron chi connectivity index (χ1n) is 10.4. The molecule has 8 nitrogen and oxygen atoms in total. The van der Waals surface area contributed by atoms with Gasteiger partial charge >= 0.3 is 0 Å². The number of nitrogens with one attached hydrogen (secondary N) is 1. The van der Waals surface area contributed by atoms with Crippen LogP contribution in [0.15, 0.2) is 29.2 Å². The van der Waals surface area contributed by atoms with E-state index in [9.17, 15) is 13.2 Å². The summed E-state index contributed by atoms with van der Waals surface area (Å²) in [7, 11) is -3.82. The van der Waals surface area contributed by atoms with E-state index in [1.165, 1.54) is 0 Å². The Kier molecular flexibility index (Phi) is 10.2. The van der Waals surface area contributed by atoms with Crippen molar-refractivity contribution in [1.29, 1.82) is 0 Å². The van der Waals surface area contributed by atoms with Crippen LogP contribution in [-0.2, 0) is 29.0 Å². The minimum atomic E-state index is -3.82. The van der Waals surface area contributed by atoms with Gasteiger partial charge in [-0.25, -0.2) is 8.42 Å². The van der Waals surface area contributed by atoms with Crippen LogP contribution in [0.2, 0.25) is 0 Å². The molecular weight excluding hydrogens is 408 g/mol. The molecule has 1 aromatic carbocycles. The average molecular weight is 443 g/mol. The van der Waals surface area contributed by atoms with Gasteiger partial charge in [-0.3, -0.25) is 4.79 Å². The van der Waals surface area contributed by atoms with Crippen molar-refractivity contribution in [1.82, 2.24) is 9.62 Å². The van der Waals surface area contributed by atoms with Crippen molar-refractivity contribution in [2.24, 2.45) is 5.92 Å². The molecule has 2 rings (SSSR count). The summed E-state index contributed by atoms with van der Waals surface area (Å²) in [4.78, 5) is 15.0. The molecule has 1 aromatic rings. The smallest absolute Gasteiger partial charge is 0.241 e. The van der Waals surface area contributed by atoms with Crippen molar-refractivity contribution in [3.8, 4) is 0 Å². The highest BCUT2D eigenvalue weighted by Crippen LogP contribution is 2.15. The van der Waals surface area contributed by atoms with Crippen LogP contribution >= 0.6 is 0 Å². The zero-order valence-corrected chi connectivity index (χ0v) is 18.9. The van der Waals surface area contributed by atoms with Gasteiger partial charge in [-0.2, -0.15) is 4.72 Å². The minimum Gasteiger partial charge on any atom is -0.377 e. The third-order valence-corrected chi connectivity index (χ3v) is 6.19. The molecule has 0 aromatic heterocycles. The Labute approximate surface area is 179 Å². The molecule has 1 atom stereocenters. The molecule has 0 bridgehead atoms. The summed E-state index contributed by atoms with van der Waals surface area (Å²) in [6, 6.07) is 5.72. The van der Waals surface area contributed by atoms with E-state index in [0.717, 1.165) is 5.56 Å². The van der Waals surface area contributed by atoms with Gasteiger partial charge in [0.25, 0.3) is 0 Å². The van der Waals surface area contributed by atoms with Crippen molar-refractivity contribution in [3.63, 3.8) is 0 Å². The normalized spacial score (nSPS) is 18.5. The molecule has 1 heterocycles. The summed E-state index contributed by atoms with van der Waals surface area (Å²) in [6.07, 6.45) is 0.399. The lowest BCUT2D eigenvalue weighted by Gasteiger charge is -2.29. The largest absolute Gasteiger partial charge is 0.377 e. The second kappa shape index (κ2) is 12.4. The first kappa shape index (κ1) is 24.7. The number of carbonyl (C=O) groups excluding carboxylic acids is 1. The topological polar surface area (TPSA) is 94.2 Å². The number of nitrogens with zero attached hydrogens (tertiary/aromatic N) is 1. The molecule has 170 valence electrons. The van der Waals surface area contributed by atoms with Crippen molar-refractivity contribution in [3.05, 3.63) is 29.8 Å². The monoisotopic (exact) mass is 442 g/mol. The fourth-order valence-electron chi connectivity index (χ4n) is 3.09. The summed E-state index contributed by atoms with van der Waals surface area (Å²) < 4.78 is 44.8. The van der Waals surface area contributed by atoms with Crippen molar-refractivity contribution < 1.29 is 27.4 Å². The van der Waals surface area contributed by atoms with Crippen LogP contribution in [0.5, 0.6) is 0 Å². The summed E-state index contributed by atoms with van der Waals surface area (Å²) in [5, 5.41) is 0. The van der Waals surface area contributed by atoms with E-state index in [2.05, 4.69) is 4.72 Å². The molecule has 30 heavy (non-hydrogen) atoms. The molecular formula is C21H34N2O6S. The van der Waals surface area contributed by atoms with E-state index in [1.54, 1.807) is 29.2 Å². The fourth-order valence-corrected chi connectivity index (χ4v) is 4.29. The third kappa shape index (κ3) is 8.31. The molecule has 1 fully saturated rings. The number of carbonyl (C=O) groups is 1. The number of rotatable bonds is 6. The van der Waals surface area contributed by atoms with Crippen LogP contribution in [0.25, 0.3) is 0 Å². The van der Waals surface area contributed by atoms with Gasteiger partial charge < -0.3 is 19.1 Å². The summed E-state index contributed by atoms with van der Waals surface area (Å²) in [6.45, 7) is 9.09. The average Bonchev–Trinajstić information content (AvgIpc) is 2.67. The lowest BCUT2D eigenvalue weighted by Crippen LogP contribution is -2.50. The van der Waals surface area contributed by atoms with E-state index in [-0.39, 0.29) is 16.7 Å². The van der Waals surface area contributed by atoms with Crippen LogP contribution < -0.4 is 4.72 Å². The van der Waals surface area contributed by atoms with Crippen LogP contribution in [0.4, 0.5) is 0 Å². The molecule has 0 aliphatic carbocycles. The first-order chi connectivity index (χ1) is 14.3. The van der Waals surface area contributed by atoms with Crippen molar-refractivity contribution in [2.75, 3.05) is 52.7 Å². The highest BCUT2D eigenvalue weighted by atomic mass is 32.2. The Balaban J connectivity index is 2.13. The molecule has 9 heteroatoms. The van der Waals surface area contributed by atoms with E-state index >= 15 is 0 Å². The van der Waals surface area contributed by atoms with Gasteiger partial charge in [-0.15, -0.1) is 0 Å². The number of ether oxygens (including phenoxy) is 3. The van der Waals surface area contributed by atoms with Gasteiger partial charge in [0.05, 0.1) is 44.5 Å². The van der Waals surface area contributed by atoms with E-state index in [0.29, 0.717) is 59.2 Å². The SMILES string of the molecule is Cc1ccc(S(=O)(=O)N[C@H](CC(C)C)C(=O)N2CCOCCOCCOCC2)cc1. The van der Waals surface area contributed by atoms with Crippen molar-refractivity contribution >= 4 is 15.9 Å². The Hall–Kier alpha value is -1.52. The van der Waals surface area contributed by atoms with Gasteiger partial charge in [-0.1, -0.05) is 31.5 Å². The van der Waals surface area contributed by atoms with Crippen LogP contribution in [-0.4, -0.2) is 78.0 Å². The maximum Gasteiger partial charge on any atom is 0.241 e. The Bertz CT molecular complexity index is 739. The summed E-state index contributed by atoms with van der Waals surface area (Å²) in [5.41, 5.74) is 0.966. The Morgan fingerprint density at radius 1 is 0.967 bits per heavy atom. The van der Waals surface area contributed by atoms with Gasteiger partial charge in [-0.05, 0) is 31.4 Å². The highest BCUT2D eigenvalue weighted by molar-refractivity contribution is 7.89. The van der Waals surface area contributed by atoms with Crippen LogP contribution in [0.1, 0.15) is 25.8 Å². The van der Waals surface area contributed by atoms with Crippen LogP contribution in [0.3, 0.4) is 0 Å². The molecule has 0 radical (unpaired) electrons. The fraction of sp³-hybridized carbons (Fsp3) is 0.667. The standard InChI is InChI=1S/C21H34N2O6S/c1-17(2)16-20(22-30(25,26)19-6-4-18(3)5-7-19)21(24)23-8-10-27-12-14-29-15-13-28-11-9-23/h4-7,17,20,22H,8-16H2,1-3H3/t20-/m1/s1. The van der Waals surface area contributed by atoms with Gasteiger partial charge in [0.2, 0.25) is 15.9 Å². The molecule has 1 N–H and O–H groups in total. The second-order valence-corrected chi connectivity index (χ2v) is 9.49. The number of hydrogen-bond donors (Lipinski definition) is 1. The number of sulfonamides is 1. The van der Waals surface area contributed by atoms with E-state index < -0.39 is 16.1 Å². The molecule has 0 unspecified atom stereocenters. The highest BCUT2D eigenvalue weighted by Gasteiger charge is 2.30. The maximum atomic E-state index is 13.3. The summed E-state index contributed by atoms with van der Waals surface area (Å²) in [5.74, 6) is -0.128. The quantitative estimate of drug-likeness (QED) is 0.719. The molecule has 1 aliphatic rings. The van der Waals surface area contributed by atoms with Gasteiger partial charge in [0.15, 0.2) is 0 Å². The minimum absolute atomic E-state index is 0.136. The molecule has 1 aliphatic heterocycles. The Morgan fingerprint density at radius 2 is 1.47 bits per heavy atom. The number of hydrogen-bond acceptors (Lipinski definition) is 6.